The zero-order chi connectivity index (χ0) is 22.4. The third-order valence-corrected chi connectivity index (χ3v) is 6.28. The van der Waals surface area contributed by atoms with Crippen molar-refractivity contribution in [1.82, 2.24) is 0 Å². The maximum Gasteiger partial charge on any atom is 0.266 e. The molecule has 0 unspecified atom stereocenters. The summed E-state index contributed by atoms with van der Waals surface area (Å²) in [5, 5.41) is 2.48. The van der Waals surface area contributed by atoms with Crippen molar-refractivity contribution in [3.63, 3.8) is 0 Å². The van der Waals surface area contributed by atoms with Crippen LogP contribution in [-0.4, -0.2) is 25.0 Å². The summed E-state index contributed by atoms with van der Waals surface area (Å²) < 4.78 is 5.25. The molecule has 32 heavy (non-hydrogen) atoms. The molecule has 0 aliphatic carbocycles. The molecule has 3 aromatic rings. The van der Waals surface area contributed by atoms with Crippen LogP contribution in [0.3, 0.4) is 0 Å². The second-order valence-electron chi connectivity index (χ2n) is 7.54. The van der Waals surface area contributed by atoms with E-state index < -0.39 is 24.0 Å². The highest BCUT2D eigenvalue weighted by atomic mass is 35.5. The van der Waals surface area contributed by atoms with Gasteiger partial charge in [0, 0.05) is 16.1 Å². The number of rotatable bonds is 4. The molecule has 2 heterocycles. The lowest BCUT2D eigenvalue weighted by atomic mass is 9.90. The van der Waals surface area contributed by atoms with Gasteiger partial charge >= 0.3 is 0 Å². The Morgan fingerprint density at radius 1 is 0.875 bits per heavy atom. The number of fused-ring (bicyclic) bond motifs is 1. The van der Waals surface area contributed by atoms with Crippen molar-refractivity contribution in [2.24, 2.45) is 5.92 Å². The third kappa shape index (κ3) is 3.32. The summed E-state index contributed by atoms with van der Waals surface area (Å²) in [5.41, 5.74) is 1.80. The largest absolute Gasteiger partial charge is 0.497 e. The number of hydrogen-bond donors (Lipinski definition) is 0. The van der Waals surface area contributed by atoms with Crippen LogP contribution in [0.4, 0.5) is 11.4 Å². The number of anilines is 2. The molecule has 0 radical (unpaired) electrons. The van der Waals surface area contributed by atoms with Gasteiger partial charge in [-0.1, -0.05) is 53.5 Å². The van der Waals surface area contributed by atoms with Gasteiger partial charge in [-0.15, -0.1) is 0 Å². The number of amides is 2. The number of ether oxygens (including phenoxy) is 1. The van der Waals surface area contributed by atoms with Gasteiger partial charge in [0.15, 0.2) is 6.10 Å². The molecule has 0 aromatic heterocycles. The Labute approximate surface area is 194 Å². The molecule has 5 rings (SSSR count). The summed E-state index contributed by atoms with van der Waals surface area (Å²) in [6.07, 6.45) is -0.981. The van der Waals surface area contributed by atoms with E-state index in [9.17, 15) is 9.59 Å². The van der Waals surface area contributed by atoms with Crippen LogP contribution in [0, 0.1) is 5.92 Å². The Balaban J connectivity index is 1.60. The maximum absolute atomic E-state index is 13.6. The standard InChI is InChI=1S/C24H18Cl2N2O4/c1-31-17-9-5-8-16(13-17)27-23(29)20-21(18-11-10-14(25)12-19(18)26)28(32-22(20)24(27)30)15-6-3-2-4-7-15/h2-13,20-22H,1H3/t20-,21-,22+/m1/s1. The van der Waals surface area contributed by atoms with Crippen molar-refractivity contribution >= 4 is 46.4 Å². The van der Waals surface area contributed by atoms with Gasteiger partial charge in [-0.25, -0.2) is 9.96 Å². The van der Waals surface area contributed by atoms with Gasteiger partial charge in [-0.3, -0.25) is 14.4 Å². The molecule has 0 N–H and O–H groups in total. The van der Waals surface area contributed by atoms with Crippen molar-refractivity contribution in [2.45, 2.75) is 12.1 Å². The lowest BCUT2D eigenvalue weighted by Crippen LogP contribution is -2.37. The van der Waals surface area contributed by atoms with E-state index in [0.717, 1.165) is 4.90 Å². The number of benzene rings is 3. The molecule has 162 valence electrons. The minimum Gasteiger partial charge on any atom is -0.497 e. The molecule has 0 bridgehead atoms. The third-order valence-electron chi connectivity index (χ3n) is 5.72. The Morgan fingerprint density at radius 2 is 1.62 bits per heavy atom. The molecule has 2 aliphatic rings. The van der Waals surface area contributed by atoms with Gasteiger partial charge in [0.2, 0.25) is 5.91 Å². The van der Waals surface area contributed by atoms with Crippen LogP contribution in [0.1, 0.15) is 11.6 Å². The van der Waals surface area contributed by atoms with Crippen molar-refractivity contribution in [3.8, 4) is 5.75 Å². The van der Waals surface area contributed by atoms with Gasteiger partial charge in [0.05, 0.1) is 24.5 Å². The van der Waals surface area contributed by atoms with E-state index in [-0.39, 0.29) is 5.91 Å². The van der Waals surface area contributed by atoms with Crippen molar-refractivity contribution < 1.29 is 19.2 Å². The minimum atomic E-state index is -0.981. The summed E-state index contributed by atoms with van der Waals surface area (Å²) in [6, 6.07) is 20.6. The van der Waals surface area contributed by atoms with Crippen LogP contribution in [0.15, 0.2) is 72.8 Å². The number of halogens is 2. The van der Waals surface area contributed by atoms with E-state index in [1.54, 1.807) is 47.5 Å². The molecule has 8 heteroatoms. The topological polar surface area (TPSA) is 59.1 Å². The average Bonchev–Trinajstić information content (AvgIpc) is 3.30. The summed E-state index contributed by atoms with van der Waals surface area (Å²) in [6.45, 7) is 0. The minimum absolute atomic E-state index is 0.359. The van der Waals surface area contributed by atoms with Crippen LogP contribution in [0.25, 0.3) is 0 Å². The molecular weight excluding hydrogens is 451 g/mol. The van der Waals surface area contributed by atoms with Crippen LogP contribution in [-0.2, 0) is 14.4 Å². The molecule has 0 saturated carbocycles. The van der Waals surface area contributed by atoms with Crippen molar-refractivity contribution in [1.29, 1.82) is 0 Å². The predicted octanol–water partition coefficient (Wildman–Crippen LogP) is 5.05. The van der Waals surface area contributed by atoms with E-state index >= 15 is 0 Å². The summed E-state index contributed by atoms with van der Waals surface area (Å²) in [5.74, 6) is -1.03. The van der Waals surface area contributed by atoms with E-state index in [2.05, 4.69) is 0 Å². The quantitative estimate of drug-likeness (QED) is 0.501. The fourth-order valence-electron chi connectivity index (χ4n) is 4.27. The number of carbonyl (C=O) groups is 2. The molecule has 2 aliphatic heterocycles. The van der Waals surface area contributed by atoms with Gasteiger partial charge in [0.25, 0.3) is 5.91 Å². The fourth-order valence-corrected chi connectivity index (χ4v) is 4.79. The molecule has 6 nitrogen and oxygen atoms in total. The number of nitrogens with zero attached hydrogens (tertiary/aromatic N) is 2. The molecule has 3 atom stereocenters. The van der Waals surface area contributed by atoms with Crippen LogP contribution < -0.4 is 14.7 Å². The number of hydroxylamine groups is 1. The Morgan fingerprint density at radius 3 is 2.34 bits per heavy atom. The zero-order valence-electron chi connectivity index (χ0n) is 16.9. The van der Waals surface area contributed by atoms with Crippen LogP contribution in [0.5, 0.6) is 5.75 Å². The first kappa shape index (κ1) is 20.8. The SMILES string of the molecule is COc1cccc(N2C(=O)[C@H]3[C@H](ON(c4ccccc4)[C@@H]3c3ccc(Cl)cc3Cl)C2=O)c1. The average molecular weight is 469 g/mol. The Bertz CT molecular complexity index is 1200. The van der Waals surface area contributed by atoms with E-state index in [0.29, 0.717) is 32.7 Å². The lowest BCUT2D eigenvalue weighted by Gasteiger charge is -2.29. The summed E-state index contributed by atoms with van der Waals surface area (Å²) in [4.78, 5) is 34.3. The van der Waals surface area contributed by atoms with Gasteiger partial charge < -0.3 is 4.74 Å². The number of carbonyl (C=O) groups excluding carboxylic acids is 2. The van der Waals surface area contributed by atoms with Gasteiger partial charge in [-0.05, 0) is 42.0 Å². The van der Waals surface area contributed by atoms with Gasteiger partial charge in [0.1, 0.15) is 11.7 Å². The van der Waals surface area contributed by atoms with Crippen molar-refractivity contribution in [3.05, 3.63) is 88.4 Å². The van der Waals surface area contributed by atoms with Crippen molar-refractivity contribution in [2.75, 3.05) is 17.1 Å². The smallest absolute Gasteiger partial charge is 0.266 e. The monoisotopic (exact) mass is 468 g/mol. The predicted molar refractivity (Wildman–Crippen MR) is 122 cm³/mol. The first-order chi connectivity index (χ1) is 15.5. The van der Waals surface area contributed by atoms with E-state index in [1.807, 2.05) is 30.3 Å². The highest BCUT2D eigenvalue weighted by Crippen LogP contribution is 2.49. The summed E-state index contributed by atoms with van der Waals surface area (Å²) in [7, 11) is 1.53. The highest BCUT2D eigenvalue weighted by Gasteiger charge is 2.60. The van der Waals surface area contributed by atoms with Crippen LogP contribution in [0.2, 0.25) is 10.0 Å². The zero-order valence-corrected chi connectivity index (χ0v) is 18.5. The number of hydrogen-bond acceptors (Lipinski definition) is 5. The second-order valence-corrected chi connectivity index (χ2v) is 8.38. The maximum atomic E-state index is 13.6. The molecule has 0 spiro atoms. The molecule has 2 amide bonds. The molecular formula is C24H18Cl2N2O4. The fraction of sp³-hybridized carbons (Fsp3) is 0.167. The highest BCUT2D eigenvalue weighted by molar-refractivity contribution is 6.35. The Hall–Kier alpha value is -3.06. The molecule has 2 saturated heterocycles. The molecule has 2 fully saturated rings. The normalized spacial score (nSPS) is 22.4. The first-order valence-corrected chi connectivity index (χ1v) is 10.7. The number of para-hydroxylation sites is 1. The second kappa shape index (κ2) is 8.13. The first-order valence-electron chi connectivity index (χ1n) is 9.97. The Kier molecular flexibility index (Phi) is 5.29. The molecule has 3 aromatic carbocycles. The lowest BCUT2D eigenvalue weighted by molar-refractivity contribution is -0.126. The van der Waals surface area contributed by atoms with Crippen LogP contribution >= 0.6 is 23.2 Å². The summed E-state index contributed by atoms with van der Waals surface area (Å²) >= 11 is 12.6. The van der Waals surface area contributed by atoms with E-state index in [1.165, 1.54) is 7.11 Å². The number of methoxy groups -OCH3 is 1. The number of imide groups is 1. The van der Waals surface area contributed by atoms with E-state index in [4.69, 9.17) is 32.8 Å². The van der Waals surface area contributed by atoms with Gasteiger partial charge in [-0.2, -0.15) is 0 Å².